The number of sulfone groups is 1. The van der Waals surface area contributed by atoms with Gasteiger partial charge < -0.3 is 15.3 Å². The van der Waals surface area contributed by atoms with Crippen molar-refractivity contribution in [1.29, 1.82) is 0 Å². The summed E-state index contributed by atoms with van der Waals surface area (Å²) in [4.78, 5) is 1.84. The van der Waals surface area contributed by atoms with Crippen molar-refractivity contribution in [3.63, 3.8) is 0 Å². The zero-order chi connectivity index (χ0) is 25.9. The fourth-order valence-corrected chi connectivity index (χ4v) is 7.18. The van der Waals surface area contributed by atoms with E-state index in [1.54, 1.807) is 13.0 Å². The molecule has 3 fully saturated rings. The van der Waals surface area contributed by atoms with E-state index in [2.05, 4.69) is 15.7 Å². The number of anilines is 1. The highest BCUT2D eigenvalue weighted by Gasteiger charge is 2.49. The van der Waals surface area contributed by atoms with Gasteiger partial charge in [0.2, 0.25) is 0 Å². The molecule has 0 amide bonds. The molecule has 0 radical (unpaired) electrons. The molecule has 1 unspecified atom stereocenters. The van der Waals surface area contributed by atoms with Crippen LogP contribution in [-0.2, 0) is 16.0 Å². The second-order valence-corrected chi connectivity index (χ2v) is 12.7. The zero-order valence-electron chi connectivity index (χ0n) is 20.3. The first-order valence-electron chi connectivity index (χ1n) is 12.3. The molecule has 2 aliphatic carbocycles. The van der Waals surface area contributed by atoms with Crippen LogP contribution in [0.5, 0.6) is 0 Å². The summed E-state index contributed by atoms with van der Waals surface area (Å²) < 4.78 is 67.2. The summed E-state index contributed by atoms with van der Waals surface area (Å²) in [5, 5.41) is 21.5. The average molecular weight is 528 g/mol. The number of nitrogens with zero attached hydrogens (tertiary/aromatic N) is 3. The molecule has 2 aromatic rings. The van der Waals surface area contributed by atoms with Crippen LogP contribution in [-0.4, -0.2) is 65.8 Å². The molecule has 3 aliphatic rings. The third kappa shape index (κ3) is 5.13. The molecular formula is C24H32F3N5O3S. The number of aryl methyl sites for hydroxylation is 1. The van der Waals surface area contributed by atoms with E-state index in [0.29, 0.717) is 17.2 Å². The number of rotatable bonds is 9. The molecule has 3 atom stereocenters. The van der Waals surface area contributed by atoms with E-state index in [1.807, 2.05) is 11.9 Å². The van der Waals surface area contributed by atoms with Crippen molar-refractivity contribution in [3.05, 3.63) is 41.6 Å². The van der Waals surface area contributed by atoms with E-state index < -0.39 is 39.1 Å². The molecule has 0 spiro atoms. The Labute approximate surface area is 208 Å². The number of halogens is 3. The Kier molecular flexibility index (Phi) is 6.37. The van der Waals surface area contributed by atoms with Crippen LogP contribution >= 0.6 is 0 Å². The molecule has 2 saturated carbocycles. The summed E-state index contributed by atoms with van der Waals surface area (Å²) in [6, 6.07) is 5.92. The van der Waals surface area contributed by atoms with Crippen LogP contribution in [0.25, 0.3) is 5.69 Å². The monoisotopic (exact) mass is 527 g/mol. The van der Waals surface area contributed by atoms with E-state index in [0.717, 1.165) is 37.8 Å². The minimum Gasteiger partial charge on any atom is -0.376 e. The van der Waals surface area contributed by atoms with Crippen LogP contribution in [0.4, 0.5) is 19.0 Å². The van der Waals surface area contributed by atoms with Crippen molar-refractivity contribution in [2.24, 2.45) is 5.92 Å². The number of alkyl halides is 3. The van der Waals surface area contributed by atoms with Gasteiger partial charge in [0, 0.05) is 12.6 Å². The molecule has 5 rings (SSSR count). The maximum absolute atomic E-state index is 13.2. The van der Waals surface area contributed by atoms with E-state index in [4.69, 9.17) is 0 Å². The smallest absolute Gasteiger partial charge is 0.376 e. The lowest BCUT2D eigenvalue weighted by molar-refractivity contribution is -0.137. The second kappa shape index (κ2) is 9.00. The number of nitrogens with one attached hydrogen (secondary N) is 2. The van der Waals surface area contributed by atoms with Crippen molar-refractivity contribution in [1.82, 2.24) is 20.4 Å². The molecule has 1 aromatic heterocycles. The fraction of sp³-hybridized carbons (Fsp3) is 0.625. The third-order valence-electron chi connectivity index (χ3n) is 7.54. The molecule has 3 N–H and O–H groups in total. The standard InChI is InChI=1S/C24H32F3N5O3S/c1-15-11-21(32(30-15)18-7-5-17(6-8-18)24(25,26)27)31-13-19(36(34,35)14-16-3-4-16)12-20(31)22(33)29-23(28-2)9-10-23/h5-8,11,16,19-20,22,28-29,33H,3-4,9-10,12-14H2,1-2H3/t19-,20+,22?/m1/s1. The van der Waals surface area contributed by atoms with Gasteiger partial charge in [-0.25, -0.2) is 13.1 Å². The highest BCUT2D eigenvalue weighted by atomic mass is 32.2. The molecule has 1 aromatic carbocycles. The van der Waals surface area contributed by atoms with Crippen LogP contribution < -0.4 is 15.5 Å². The Balaban J connectivity index is 1.48. The molecule has 8 nitrogen and oxygen atoms in total. The second-order valence-electron chi connectivity index (χ2n) is 10.4. The van der Waals surface area contributed by atoms with Gasteiger partial charge in [0.25, 0.3) is 0 Å². The van der Waals surface area contributed by atoms with E-state index in [-0.39, 0.29) is 30.3 Å². The lowest BCUT2D eigenvalue weighted by atomic mass is 10.1. The van der Waals surface area contributed by atoms with Gasteiger partial charge in [-0.2, -0.15) is 18.3 Å². The summed E-state index contributed by atoms with van der Waals surface area (Å²) in [7, 11) is -1.57. The minimum atomic E-state index is -4.45. The van der Waals surface area contributed by atoms with Gasteiger partial charge in [-0.05, 0) is 76.3 Å². The van der Waals surface area contributed by atoms with Gasteiger partial charge in [0.1, 0.15) is 12.0 Å². The summed E-state index contributed by atoms with van der Waals surface area (Å²) in [5.41, 5.74) is -0.0854. The topological polar surface area (TPSA) is 99.5 Å². The lowest BCUT2D eigenvalue weighted by Crippen LogP contribution is -2.55. The van der Waals surface area contributed by atoms with Crippen molar-refractivity contribution >= 4 is 15.7 Å². The van der Waals surface area contributed by atoms with Gasteiger partial charge in [-0.3, -0.25) is 5.32 Å². The number of hydrogen-bond acceptors (Lipinski definition) is 7. The maximum Gasteiger partial charge on any atom is 0.416 e. The average Bonchev–Trinajstić information content (AvgIpc) is 3.70. The Morgan fingerprint density at radius 2 is 1.89 bits per heavy atom. The normalized spacial score (nSPS) is 24.8. The number of aromatic nitrogens is 2. The summed E-state index contributed by atoms with van der Waals surface area (Å²) in [5.74, 6) is 0.903. The van der Waals surface area contributed by atoms with E-state index in [9.17, 15) is 26.7 Å². The summed E-state index contributed by atoms with van der Waals surface area (Å²) in [6.07, 6.45) is -1.68. The lowest BCUT2D eigenvalue weighted by Gasteiger charge is -2.33. The molecular weight excluding hydrogens is 495 g/mol. The van der Waals surface area contributed by atoms with Crippen LogP contribution in [0.3, 0.4) is 0 Å². The Hall–Kier alpha value is -2.15. The first-order valence-corrected chi connectivity index (χ1v) is 14.0. The molecule has 2 heterocycles. The van der Waals surface area contributed by atoms with Crippen LogP contribution in [0.15, 0.2) is 30.3 Å². The van der Waals surface area contributed by atoms with Gasteiger partial charge in [0.05, 0.1) is 39.7 Å². The largest absolute Gasteiger partial charge is 0.416 e. The van der Waals surface area contributed by atoms with Gasteiger partial charge in [-0.15, -0.1) is 0 Å². The van der Waals surface area contributed by atoms with E-state index in [1.165, 1.54) is 16.8 Å². The zero-order valence-corrected chi connectivity index (χ0v) is 21.1. The SMILES string of the molecule is CNC1(NC(O)[C@@H]2C[C@@H](S(=O)(=O)CC3CC3)CN2c2cc(C)nn2-c2ccc(C(F)(F)F)cc2)CC1. The summed E-state index contributed by atoms with van der Waals surface area (Å²) in [6.45, 7) is 1.95. The molecule has 36 heavy (non-hydrogen) atoms. The van der Waals surface area contributed by atoms with Crippen LogP contribution in [0.2, 0.25) is 0 Å². The van der Waals surface area contributed by atoms with Gasteiger partial charge >= 0.3 is 6.18 Å². The van der Waals surface area contributed by atoms with Gasteiger partial charge in [0.15, 0.2) is 9.84 Å². The number of benzene rings is 1. The van der Waals surface area contributed by atoms with Crippen molar-refractivity contribution < 1.29 is 26.7 Å². The molecule has 1 saturated heterocycles. The highest BCUT2D eigenvalue weighted by Crippen LogP contribution is 2.38. The van der Waals surface area contributed by atoms with Crippen molar-refractivity contribution in [2.45, 2.75) is 68.4 Å². The first-order chi connectivity index (χ1) is 16.9. The molecule has 0 bridgehead atoms. The van der Waals surface area contributed by atoms with Crippen molar-refractivity contribution in [3.8, 4) is 5.69 Å². The van der Waals surface area contributed by atoms with Crippen LogP contribution in [0, 0.1) is 12.8 Å². The quantitative estimate of drug-likeness (QED) is 0.431. The molecule has 198 valence electrons. The van der Waals surface area contributed by atoms with Gasteiger partial charge in [-0.1, -0.05) is 0 Å². The minimum absolute atomic E-state index is 0.152. The summed E-state index contributed by atoms with van der Waals surface area (Å²) >= 11 is 0. The Bertz CT molecular complexity index is 1210. The first kappa shape index (κ1) is 25.5. The molecule has 1 aliphatic heterocycles. The number of aliphatic hydroxyl groups excluding tert-OH is 1. The maximum atomic E-state index is 13.2. The Morgan fingerprint density at radius 1 is 1.22 bits per heavy atom. The predicted molar refractivity (Wildman–Crippen MR) is 130 cm³/mol. The number of aliphatic hydroxyl groups is 1. The van der Waals surface area contributed by atoms with Crippen molar-refractivity contribution in [2.75, 3.05) is 24.2 Å². The third-order valence-corrected chi connectivity index (χ3v) is 9.83. The molecule has 12 heteroatoms. The highest BCUT2D eigenvalue weighted by molar-refractivity contribution is 7.92. The Morgan fingerprint density at radius 3 is 2.44 bits per heavy atom. The van der Waals surface area contributed by atoms with E-state index >= 15 is 0 Å². The fourth-order valence-electron chi connectivity index (χ4n) is 5.04. The van der Waals surface area contributed by atoms with Crippen LogP contribution in [0.1, 0.15) is 43.4 Å². The predicted octanol–water partition coefficient (Wildman–Crippen LogP) is 2.59. The number of hydrogen-bond donors (Lipinski definition) is 3.